The number of hydrogen-bond donors (Lipinski definition) is 0. The zero-order valence-corrected chi connectivity index (χ0v) is 18.3. The van der Waals surface area contributed by atoms with Gasteiger partial charge in [0.25, 0.3) is 0 Å². The Morgan fingerprint density at radius 2 is 2.06 bits per heavy atom. The highest BCUT2D eigenvalue weighted by atomic mass is 79.9. The van der Waals surface area contributed by atoms with Gasteiger partial charge in [-0.3, -0.25) is 14.8 Å². The van der Waals surface area contributed by atoms with Crippen LogP contribution in [0.1, 0.15) is 50.3 Å². The van der Waals surface area contributed by atoms with Crippen LogP contribution in [-0.4, -0.2) is 39.7 Å². The third kappa shape index (κ3) is 3.10. The first-order valence-corrected chi connectivity index (χ1v) is 11.3. The molecule has 12 heteroatoms. The highest BCUT2D eigenvalue weighted by Crippen LogP contribution is 2.64. The fourth-order valence-electron chi connectivity index (χ4n) is 6.55. The highest BCUT2D eigenvalue weighted by Gasteiger charge is 2.61. The standard InChI is InChI=1S/C19H21BrN8O3/c20-17-21-11-27(25-17)19-6-12-3-13(7-19)5-18(4-12,10-19)16-24-23-15(31-16)1-2-26-9-14(8-22-26)28(29)30/h8-9,11-13H,1-7,10H2. The average Bonchev–Trinajstić information content (AvgIpc) is 3.46. The Morgan fingerprint density at radius 1 is 1.26 bits per heavy atom. The van der Waals surface area contributed by atoms with E-state index in [1.165, 1.54) is 23.5 Å². The largest absolute Gasteiger partial charge is 0.425 e. The van der Waals surface area contributed by atoms with Gasteiger partial charge in [0.15, 0.2) is 0 Å². The Labute approximate surface area is 185 Å². The number of rotatable bonds is 6. The predicted molar refractivity (Wildman–Crippen MR) is 109 cm³/mol. The molecule has 0 amide bonds. The smallest absolute Gasteiger partial charge is 0.306 e. The molecule has 4 saturated carbocycles. The van der Waals surface area contributed by atoms with Crippen LogP contribution in [0.2, 0.25) is 0 Å². The van der Waals surface area contributed by atoms with Gasteiger partial charge in [0.2, 0.25) is 16.5 Å². The molecule has 2 atom stereocenters. The van der Waals surface area contributed by atoms with Crippen molar-refractivity contribution in [1.82, 2.24) is 34.7 Å². The molecule has 162 valence electrons. The van der Waals surface area contributed by atoms with Gasteiger partial charge in [-0.2, -0.15) is 5.10 Å². The van der Waals surface area contributed by atoms with Gasteiger partial charge >= 0.3 is 5.69 Å². The Morgan fingerprint density at radius 3 is 2.74 bits per heavy atom. The van der Waals surface area contributed by atoms with E-state index >= 15 is 0 Å². The third-order valence-electron chi connectivity index (χ3n) is 7.29. The van der Waals surface area contributed by atoms with Crippen LogP contribution in [0.3, 0.4) is 0 Å². The fourth-order valence-corrected chi connectivity index (χ4v) is 6.81. The molecule has 3 aromatic heterocycles. The van der Waals surface area contributed by atoms with E-state index in [0.29, 0.717) is 35.4 Å². The summed E-state index contributed by atoms with van der Waals surface area (Å²) in [5, 5.41) is 28.2. The van der Waals surface area contributed by atoms with E-state index in [-0.39, 0.29) is 16.6 Å². The van der Waals surface area contributed by atoms with Gasteiger partial charge in [0.1, 0.15) is 18.7 Å². The van der Waals surface area contributed by atoms with E-state index in [1.54, 1.807) is 0 Å². The maximum Gasteiger partial charge on any atom is 0.306 e. The van der Waals surface area contributed by atoms with E-state index in [2.05, 4.69) is 46.0 Å². The first-order valence-electron chi connectivity index (χ1n) is 10.5. The third-order valence-corrected chi connectivity index (χ3v) is 7.65. The second-order valence-electron chi connectivity index (χ2n) is 9.39. The fraction of sp³-hybridized carbons (Fsp3) is 0.632. The average molecular weight is 489 g/mol. The van der Waals surface area contributed by atoms with Crippen molar-refractivity contribution in [3.05, 3.63) is 45.4 Å². The maximum atomic E-state index is 10.8. The Kier molecular flexibility index (Phi) is 4.11. The van der Waals surface area contributed by atoms with Crippen molar-refractivity contribution < 1.29 is 9.34 Å². The first-order chi connectivity index (χ1) is 14.9. The number of aryl methyl sites for hydroxylation is 2. The zero-order valence-electron chi connectivity index (χ0n) is 16.7. The molecule has 0 N–H and O–H groups in total. The number of nitrogens with zero attached hydrogens (tertiary/aromatic N) is 8. The van der Waals surface area contributed by atoms with Crippen molar-refractivity contribution in [3.8, 4) is 0 Å². The minimum Gasteiger partial charge on any atom is -0.425 e. The van der Waals surface area contributed by atoms with Crippen LogP contribution in [0.4, 0.5) is 5.69 Å². The molecule has 3 aromatic rings. The Balaban J connectivity index is 1.24. The second kappa shape index (κ2) is 6.68. The molecule has 2 unspecified atom stereocenters. The molecule has 0 radical (unpaired) electrons. The van der Waals surface area contributed by atoms with Gasteiger partial charge in [-0.25, -0.2) is 9.67 Å². The molecule has 4 fully saturated rings. The minimum atomic E-state index is -0.454. The molecule has 31 heavy (non-hydrogen) atoms. The summed E-state index contributed by atoms with van der Waals surface area (Å²) in [4.78, 5) is 14.7. The molecule has 0 aliphatic heterocycles. The molecule has 0 spiro atoms. The zero-order chi connectivity index (χ0) is 21.2. The van der Waals surface area contributed by atoms with Crippen molar-refractivity contribution in [3.63, 3.8) is 0 Å². The van der Waals surface area contributed by atoms with Crippen molar-refractivity contribution in [2.75, 3.05) is 0 Å². The molecule has 4 bridgehead atoms. The molecular weight excluding hydrogens is 468 g/mol. The summed E-state index contributed by atoms with van der Waals surface area (Å²) in [6, 6.07) is 0. The second-order valence-corrected chi connectivity index (χ2v) is 10.1. The lowest BCUT2D eigenvalue weighted by atomic mass is 9.47. The Bertz CT molecular complexity index is 1140. The summed E-state index contributed by atoms with van der Waals surface area (Å²) in [5.41, 5.74) is -0.172. The molecule has 0 aromatic carbocycles. The number of aromatic nitrogens is 7. The van der Waals surface area contributed by atoms with Crippen molar-refractivity contribution >= 4 is 21.6 Å². The monoisotopic (exact) mass is 488 g/mol. The van der Waals surface area contributed by atoms with Crippen LogP contribution in [0.25, 0.3) is 0 Å². The van der Waals surface area contributed by atoms with Crippen molar-refractivity contribution in [2.45, 2.75) is 62.4 Å². The lowest BCUT2D eigenvalue weighted by molar-refractivity contribution is -0.385. The maximum absolute atomic E-state index is 10.8. The molecule has 4 aliphatic rings. The summed E-state index contributed by atoms with van der Waals surface area (Å²) in [6.07, 6.45) is 11.6. The SMILES string of the molecule is O=[N+]([O-])c1cnn(CCc2nnc(C34CC5CC(C3)CC(n3cnc(Br)n3)(C5)C4)o2)c1. The summed E-state index contributed by atoms with van der Waals surface area (Å²) >= 11 is 3.39. The number of halogens is 1. The summed E-state index contributed by atoms with van der Waals surface area (Å²) in [6.45, 7) is 0.449. The van der Waals surface area contributed by atoms with Crippen LogP contribution < -0.4 is 0 Å². The van der Waals surface area contributed by atoms with Gasteiger partial charge in [-0.1, -0.05) is 0 Å². The van der Waals surface area contributed by atoms with E-state index in [1.807, 2.05) is 6.33 Å². The summed E-state index contributed by atoms with van der Waals surface area (Å²) in [7, 11) is 0. The van der Waals surface area contributed by atoms with Crippen molar-refractivity contribution in [1.29, 1.82) is 0 Å². The van der Waals surface area contributed by atoms with Gasteiger partial charge in [0.05, 0.1) is 15.9 Å². The molecule has 3 heterocycles. The normalized spacial score (nSPS) is 31.4. The minimum absolute atomic E-state index is 0.0233. The van der Waals surface area contributed by atoms with Gasteiger partial charge in [-0.15, -0.1) is 15.3 Å². The lowest BCUT2D eigenvalue weighted by Gasteiger charge is -2.60. The van der Waals surface area contributed by atoms with Gasteiger partial charge in [0, 0.05) is 13.0 Å². The number of hydrogen-bond acceptors (Lipinski definition) is 8. The summed E-state index contributed by atoms with van der Waals surface area (Å²) in [5.74, 6) is 2.53. The Hall–Kier alpha value is -2.63. The van der Waals surface area contributed by atoms with Crippen molar-refractivity contribution in [2.24, 2.45) is 11.8 Å². The van der Waals surface area contributed by atoms with E-state index in [4.69, 9.17) is 4.42 Å². The quantitative estimate of drug-likeness (QED) is 0.382. The molecule has 4 aliphatic carbocycles. The van der Waals surface area contributed by atoms with Gasteiger partial charge < -0.3 is 4.42 Å². The lowest BCUT2D eigenvalue weighted by Crippen LogP contribution is -2.58. The number of nitro groups is 1. The van der Waals surface area contributed by atoms with Crippen LogP contribution in [0.15, 0.2) is 27.9 Å². The first kappa shape index (κ1) is 19.1. The van der Waals surface area contributed by atoms with E-state index in [0.717, 1.165) is 38.0 Å². The molecule has 7 rings (SSSR count). The summed E-state index contributed by atoms with van der Waals surface area (Å²) < 4.78 is 10.4. The molecular formula is C19H21BrN8O3. The van der Waals surface area contributed by atoms with Crippen LogP contribution in [0, 0.1) is 22.0 Å². The highest BCUT2D eigenvalue weighted by molar-refractivity contribution is 9.10. The molecule has 0 saturated heterocycles. The van der Waals surface area contributed by atoms with E-state index in [9.17, 15) is 10.1 Å². The topological polar surface area (TPSA) is 131 Å². The van der Waals surface area contributed by atoms with Crippen LogP contribution in [-0.2, 0) is 23.9 Å². The van der Waals surface area contributed by atoms with Crippen LogP contribution in [0.5, 0.6) is 0 Å². The van der Waals surface area contributed by atoms with E-state index < -0.39 is 4.92 Å². The van der Waals surface area contributed by atoms with Crippen LogP contribution >= 0.6 is 15.9 Å². The van der Waals surface area contributed by atoms with Gasteiger partial charge in [-0.05, 0) is 66.3 Å². The molecule has 11 nitrogen and oxygen atoms in total. The predicted octanol–water partition coefficient (Wildman–Crippen LogP) is 3.02.